The zero-order chi connectivity index (χ0) is 10.7. The first-order valence-corrected chi connectivity index (χ1v) is 5.61. The Labute approximate surface area is 93.1 Å². The molecule has 1 aromatic heterocycles. The molecule has 0 saturated heterocycles. The molecule has 0 bridgehead atoms. The van der Waals surface area contributed by atoms with Gasteiger partial charge in [0.2, 0.25) is 0 Å². The summed E-state index contributed by atoms with van der Waals surface area (Å²) in [4.78, 5) is 8.40. The molecule has 1 heterocycles. The van der Waals surface area contributed by atoms with Crippen LogP contribution in [-0.2, 0) is 0 Å². The minimum atomic E-state index is 0.0451. The van der Waals surface area contributed by atoms with E-state index in [2.05, 4.69) is 22.1 Å². The van der Waals surface area contributed by atoms with E-state index in [1.54, 1.807) is 18.0 Å². The SMILES string of the molecule is C[C@@H](N)c1ccccc1Sc1ncc[nH]1. The molecule has 0 spiro atoms. The molecule has 3 nitrogen and oxygen atoms in total. The number of H-pyrrole nitrogens is 1. The topological polar surface area (TPSA) is 54.7 Å². The van der Waals surface area contributed by atoms with Crippen LogP contribution in [0.5, 0.6) is 0 Å². The van der Waals surface area contributed by atoms with E-state index in [-0.39, 0.29) is 6.04 Å². The second kappa shape index (κ2) is 4.51. The van der Waals surface area contributed by atoms with Crippen LogP contribution in [0.4, 0.5) is 0 Å². The first-order chi connectivity index (χ1) is 7.27. The number of imidazole rings is 1. The summed E-state index contributed by atoms with van der Waals surface area (Å²) in [6.07, 6.45) is 3.56. The third kappa shape index (κ3) is 2.40. The Morgan fingerprint density at radius 3 is 2.87 bits per heavy atom. The maximum absolute atomic E-state index is 5.90. The largest absolute Gasteiger partial charge is 0.339 e. The van der Waals surface area contributed by atoms with Crippen LogP contribution in [0.2, 0.25) is 0 Å². The lowest BCUT2D eigenvalue weighted by atomic mass is 10.1. The van der Waals surface area contributed by atoms with Crippen LogP contribution in [0, 0.1) is 0 Å². The van der Waals surface area contributed by atoms with Crippen molar-refractivity contribution in [3.63, 3.8) is 0 Å². The van der Waals surface area contributed by atoms with Crippen LogP contribution in [-0.4, -0.2) is 9.97 Å². The molecule has 0 fully saturated rings. The van der Waals surface area contributed by atoms with Gasteiger partial charge in [0.25, 0.3) is 0 Å². The Bertz CT molecular complexity index is 423. The minimum Gasteiger partial charge on any atom is -0.339 e. The lowest BCUT2D eigenvalue weighted by molar-refractivity contribution is 0.797. The molecule has 3 N–H and O–H groups in total. The first-order valence-electron chi connectivity index (χ1n) is 4.79. The predicted octanol–water partition coefficient (Wildman–Crippen LogP) is 2.58. The summed E-state index contributed by atoms with van der Waals surface area (Å²) in [7, 11) is 0. The Balaban J connectivity index is 2.28. The molecule has 0 aliphatic heterocycles. The standard InChI is InChI=1S/C11H13N3S/c1-8(12)9-4-2-3-5-10(9)15-11-13-6-7-14-11/h2-8H,12H2,1H3,(H,13,14)/t8-/m1/s1. The second-order valence-electron chi connectivity index (χ2n) is 3.32. The zero-order valence-corrected chi connectivity index (χ0v) is 9.29. The van der Waals surface area contributed by atoms with Gasteiger partial charge in [-0.3, -0.25) is 0 Å². The van der Waals surface area contributed by atoms with Crippen molar-refractivity contribution in [1.82, 2.24) is 9.97 Å². The molecule has 1 aromatic carbocycles. The molecule has 4 heteroatoms. The van der Waals surface area contributed by atoms with Gasteiger partial charge in [-0.1, -0.05) is 30.0 Å². The molecule has 2 rings (SSSR count). The molecule has 15 heavy (non-hydrogen) atoms. The molecule has 78 valence electrons. The quantitative estimate of drug-likeness (QED) is 0.834. The van der Waals surface area contributed by atoms with Crippen LogP contribution in [0.25, 0.3) is 0 Å². The van der Waals surface area contributed by atoms with Crippen LogP contribution in [0.15, 0.2) is 46.7 Å². The number of hydrogen-bond donors (Lipinski definition) is 2. The summed E-state index contributed by atoms with van der Waals surface area (Å²) in [6, 6.07) is 8.17. The number of nitrogens with one attached hydrogen (secondary N) is 1. The number of aromatic amines is 1. The van der Waals surface area contributed by atoms with Gasteiger partial charge in [-0.15, -0.1) is 0 Å². The van der Waals surface area contributed by atoms with Gasteiger partial charge < -0.3 is 10.7 Å². The Morgan fingerprint density at radius 2 is 2.20 bits per heavy atom. The number of benzene rings is 1. The second-order valence-corrected chi connectivity index (χ2v) is 4.35. The van der Waals surface area contributed by atoms with E-state index in [0.29, 0.717) is 0 Å². The number of nitrogens with two attached hydrogens (primary N) is 1. The molecule has 0 unspecified atom stereocenters. The highest BCUT2D eigenvalue weighted by atomic mass is 32.2. The number of hydrogen-bond acceptors (Lipinski definition) is 3. The Hall–Kier alpha value is -1.26. The molecule has 0 aliphatic carbocycles. The third-order valence-electron chi connectivity index (χ3n) is 2.09. The highest BCUT2D eigenvalue weighted by Gasteiger charge is 2.08. The smallest absolute Gasteiger partial charge is 0.170 e. The molecule has 2 aromatic rings. The van der Waals surface area contributed by atoms with E-state index in [4.69, 9.17) is 5.73 Å². The van der Waals surface area contributed by atoms with Crippen LogP contribution in [0.3, 0.4) is 0 Å². The van der Waals surface area contributed by atoms with E-state index in [9.17, 15) is 0 Å². The van der Waals surface area contributed by atoms with Crippen molar-refractivity contribution < 1.29 is 0 Å². The van der Waals surface area contributed by atoms with Crippen molar-refractivity contribution in [3.05, 3.63) is 42.2 Å². The van der Waals surface area contributed by atoms with Gasteiger partial charge >= 0.3 is 0 Å². The fourth-order valence-corrected chi connectivity index (χ4v) is 2.33. The van der Waals surface area contributed by atoms with Gasteiger partial charge in [0.05, 0.1) is 0 Å². The predicted molar refractivity (Wildman–Crippen MR) is 61.8 cm³/mol. The summed E-state index contributed by atoms with van der Waals surface area (Å²) in [5.74, 6) is 0. The zero-order valence-electron chi connectivity index (χ0n) is 8.47. The van der Waals surface area contributed by atoms with E-state index in [0.717, 1.165) is 15.6 Å². The van der Waals surface area contributed by atoms with Gasteiger partial charge in [0.1, 0.15) is 0 Å². The van der Waals surface area contributed by atoms with Crippen molar-refractivity contribution in [2.75, 3.05) is 0 Å². The van der Waals surface area contributed by atoms with Gasteiger partial charge in [0.15, 0.2) is 5.16 Å². The lowest BCUT2D eigenvalue weighted by Gasteiger charge is -2.10. The highest BCUT2D eigenvalue weighted by Crippen LogP contribution is 2.30. The van der Waals surface area contributed by atoms with Crippen LogP contribution in [0.1, 0.15) is 18.5 Å². The van der Waals surface area contributed by atoms with Crippen LogP contribution >= 0.6 is 11.8 Å². The fourth-order valence-electron chi connectivity index (χ4n) is 1.36. The average Bonchev–Trinajstić information content (AvgIpc) is 2.71. The molecule has 0 saturated carbocycles. The lowest BCUT2D eigenvalue weighted by Crippen LogP contribution is -2.06. The summed E-state index contributed by atoms with van der Waals surface area (Å²) in [6.45, 7) is 1.99. The van der Waals surface area contributed by atoms with Gasteiger partial charge in [-0.25, -0.2) is 4.98 Å². The van der Waals surface area contributed by atoms with Gasteiger partial charge in [0, 0.05) is 23.3 Å². The van der Waals surface area contributed by atoms with Crippen molar-refractivity contribution in [2.24, 2.45) is 5.73 Å². The molecule has 0 amide bonds. The normalized spacial score (nSPS) is 12.7. The Kier molecular flexibility index (Phi) is 3.08. The van der Waals surface area contributed by atoms with Gasteiger partial charge in [-0.05, 0) is 18.6 Å². The third-order valence-corrected chi connectivity index (χ3v) is 3.10. The Morgan fingerprint density at radius 1 is 1.40 bits per heavy atom. The first kappa shape index (κ1) is 10.3. The highest BCUT2D eigenvalue weighted by molar-refractivity contribution is 7.99. The number of nitrogens with zero attached hydrogens (tertiary/aromatic N) is 1. The summed E-state index contributed by atoms with van der Waals surface area (Å²) in [5.41, 5.74) is 7.05. The molecular formula is C11H13N3S. The van der Waals surface area contributed by atoms with Crippen LogP contribution < -0.4 is 5.73 Å². The van der Waals surface area contributed by atoms with E-state index < -0.39 is 0 Å². The van der Waals surface area contributed by atoms with Crippen molar-refractivity contribution in [1.29, 1.82) is 0 Å². The fraction of sp³-hybridized carbons (Fsp3) is 0.182. The van der Waals surface area contributed by atoms with Crippen molar-refractivity contribution in [3.8, 4) is 0 Å². The van der Waals surface area contributed by atoms with Crippen molar-refractivity contribution in [2.45, 2.75) is 23.0 Å². The molecule has 1 atom stereocenters. The number of rotatable bonds is 3. The summed E-state index contributed by atoms with van der Waals surface area (Å²) >= 11 is 1.60. The maximum atomic E-state index is 5.90. The number of aromatic nitrogens is 2. The molecule has 0 aliphatic rings. The molecule has 0 radical (unpaired) electrons. The van der Waals surface area contributed by atoms with Crippen molar-refractivity contribution >= 4 is 11.8 Å². The summed E-state index contributed by atoms with van der Waals surface area (Å²) < 4.78 is 0. The average molecular weight is 219 g/mol. The summed E-state index contributed by atoms with van der Waals surface area (Å²) in [5, 5.41) is 0.892. The monoisotopic (exact) mass is 219 g/mol. The maximum Gasteiger partial charge on any atom is 0.170 e. The minimum absolute atomic E-state index is 0.0451. The van der Waals surface area contributed by atoms with E-state index >= 15 is 0 Å². The van der Waals surface area contributed by atoms with Gasteiger partial charge in [-0.2, -0.15) is 0 Å². The van der Waals surface area contributed by atoms with E-state index in [1.807, 2.05) is 25.3 Å². The van der Waals surface area contributed by atoms with E-state index in [1.165, 1.54) is 0 Å². The molecular weight excluding hydrogens is 206 g/mol.